The van der Waals surface area contributed by atoms with Crippen LogP contribution >= 0.6 is 0 Å². The zero-order valence-electron chi connectivity index (χ0n) is 16.5. The molecule has 2 heterocycles. The molecular weight excluding hydrogens is 369 g/mol. The monoisotopic (exact) mass is 391 g/mol. The quantitative estimate of drug-likeness (QED) is 0.743. The standard InChI is InChI=1S/C22H22FN5O/c1-14-10-16(11-18-21(14)25-15(2)22(29)26-18)13-27-6-8-28(9-7-27)19-5-3-4-17(12-24)20(19)23/h3-5,10-11H,6-9,13H2,1-2H3,(H,26,29). The van der Waals surface area contributed by atoms with Crippen LogP contribution in [0.3, 0.4) is 0 Å². The number of nitrogens with zero attached hydrogens (tertiary/aromatic N) is 4. The predicted molar refractivity (Wildman–Crippen MR) is 110 cm³/mol. The number of fused-ring (bicyclic) bond motifs is 1. The number of benzene rings is 2. The van der Waals surface area contributed by atoms with Gasteiger partial charge in [0, 0.05) is 32.7 Å². The third kappa shape index (κ3) is 3.71. The zero-order valence-corrected chi connectivity index (χ0v) is 16.5. The van der Waals surface area contributed by atoms with Crippen molar-refractivity contribution < 1.29 is 4.39 Å². The number of hydrogen-bond acceptors (Lipinski definition) is 5. The minimum atomic E-state index is -0.444. The molecule has 29 heavy (non-hydrogen) atoms. The molecule has 2 aromatic carbocycles. The highest BCUT2D eigenvalue weighted by atomic mass is 19.1. The van der Waals surface area contributed by atoms with Crippen LogP contribution in [0.2, 0.25) is 0 Å². The van der Waals surface area contributed by atoms with Crippen LogP contribution in [0.15, 0.2) is 35.1 Å². The van der Waals surface area contributed by atoms with Gasteiger partial charge in [0.2, 0.25) is 0 Å². The molecule has 0 atom stereocenters. The maximum absolute atomic E-state index is 14.4. The fraction of sp³-hybridized carbons (Fsp3) is 0.318. The zero-order chi connectivity index (χ0) is 20.5. The lowest BCUT2D eigenvalue weighted by molar-refractivity contribution is 0.249. The highest BCUT2D eigenvalue weighted by Gasteiger charge is 2.21. The van der Waals surface area contributed by atoms with Gasteiger partial charge >= 0.3 is 0 Å². The van der Waals surface area contributed by atoms with Gasteiger partial charge in [0.15, 0.2) is 5.82 Å². The van der Waals surface area contributed by atoms with Gasteiger partial charge in [-0.2, -0.15) is 5.26 Å². The average molecular weight is 391 g/mol. The van der Waals surface area contributed by atoms with Gasteiger partial charge in [0.05, 0.1) is 22.3 Å². The van der Waals surface area contributed by atoms with E-state index in [1.807, 2.05) is 24.0 Å². The normalized spacial score (nSPS) is 14.9. The molecule has 7 heteroatoms. The van der Waals surface area contributed by atoms with Crippen molar-refractivity contribution in [1.82, 2.24) is 14.9 Å². The highest BCUT2D eigenvalue weighted by molar-refractivity contribution is 5.78. The summed E-state index contributed by atoms with van der Waals surface area (Å²) in [5, 5.41) is 9.03. The van der Waals surface area contributed by atoms with Crippen LogP contribution in [0.5, 0.6) is 0 Å². The number of aryl methyl sites for hydroxylation is 2. The fourth-order valence-corrected chi connectivity index (χ4v) is 3.88. The minimum Gasteiger partial charge on any atom is -0.367 e. The molecule has 0 spiro atoms. The summed E-state index contributed by atoms with van der Waals surface area (Å²) in [6.45, 7) is 7.42. The van der Waals surface area contributed by atoms with Crippen molar-refractivity contribution in [2.24, 2.45) is 0 Å². The summed E-state index contributed by atoms with van der Waals surface area (Å²) < 4.78 is 14.4. The van der Waals surface area contributed by atoms with Gasteiger partial charge in [-0.3, -0.25) is 9.69 Å². The number of H-pyrrole nitrogens is 1. The van der Waals surface area contributed by atoms with Gasteiger partial charge in [-0.05, 0) is 43.2 Å². The molecule has 0 radical (unpaired) electrons. The van der Waals surface area contributed by atoms with Crippen molar-refractivity contribution in [3.05, 3.63) is 68.9 Å². The second-order valence-electron chi connectivity index (χ2n) is 7.47. The first-order chi connectivity index (χ1) is 14.0. The van der Waals surface area contributed by atoms with Gasteiger partial charge in [0.25, 0.3) is 5.56 Å². The molecule has 1 fully saturated rings. The Morgan fingerprint density at radius 1 is 1.21 bits per heavy atom. The molecule has 148 valence electrons. The summed E-state index contributed by atoms with van der Waals surface area (Å²) in [5.41, 5.74) is 4.60. The molecule has 0 bridgehead atoms. The first kappa shape index (κ1) is 19.1. The first-order valence-corrected chi connectivity index (χ1v) is 9.62. The van der Waals surface area contributed by atoms with E-state index in [1.165, 1.54) is 6.07 Å². The molecule has 0 aliphatic carbocycles. The predicted octanol–water partition coefficient (Wildman–Crippen LogP) is 2.87. The maximum atomic E-state index is 14.4. The second kappa shape index (κ2) is 7.64. The molecule has 0 amide bonds. The number of nitriles is 1. The summed E-state index contributed by atoms with van der Waals surface area (Å²) in [6.07, 6.45) is 0. The molecule has 1 saturated heterocycles. The van der Waals surface area contributed by atoms with E-state index in [4.69, 9.17) is 5.26 Å². The number of anilines is 1. The molecule has 0 saturated carbocycles. The largest absolute Gasteiger partial charge is 0.367 e. The number of halogens is 1. The number of aromatic nitrogens is 2. The van der Waals surface area contributed by atoms with Gasteiger partial charge in [-0.15, -0.1) is 0 Å². The van der Waals surface area contributed by atoms with Crippen molar-refractivity contribution in [2.75, 3.05) is 31.1 Å². The third-order valence-corrected chi connectivity index (χ3v) is 5.43. The van der Waals surface area contributed by atoms with E-state index in [-0.39, 0.29) is 11.1 Å². The molecular formula is C22H22FN5O. The smallest absolute Gasteiger partial charge is 0.269 e. The Morgan fingerprint density at radius 3 is 2.69 bits per heavy atom. The summed E-state index contributed by atoms with van der Waals surface area (Å²) in [7, 11) is 0. The van der Waals surface area contributed by atoms with Crippen molar-refractivity contribution >= 4 is 16.7 Å². The van der Waals surface area contributed by atoms with Crippen LogP contribution in [-0.2, 0) is 6.54 Å². The Kier molecular flexibility index (Phi) is 5.03. The first-order valence-electron chi connectivity index (χ1n) is 9.62. The van der Waals surface area contributed by atoms with Crippen LogP contribution in [0.1, 0.15) is 22.4 Å². The summed E-state index contributed by atoms with van der Waals surface area (Å²) in [4.78, 5) is 23.5. The summed E-state index contributed by atoms with van der Waals surface area (Å²) in [6, 6.07) is 10.9. The Bertz CT molecular complexity index is 1170. The average Bonchev–Trinajstić information content (AvgIpc) is 2.70. The third-order valence-electron chi connectivity index (χ3n) is 5.43. The topological polar surface area (TPSA) is 76.0 Å². The van der Waals surface area contributed by atoms with E-state index in [0.29, 0.717) is 24.5 Å². The Morgan fingerprint density at radius 2 is 1.97 bits per heavy atom. The molecule has 1 N–H and O–H groups in total. The van der Waals surface area contributed by atoms with Crippen molar-refractivity contribution in [3.8, 4) is 6.07 Å². The van der Waals surface area contributed by atoms with E-state index >= 15 is 0 Å². The van der Waals surface area contributed by atoms with E-state index in [1.54, 1.807) is 19.1 Å². The molecule has 0 unspecified atom stereocenters. The maximum Gasteiger partial charge on any atom is 0.269 e. The summed E-state index contributed by atoms with van der Waals surface area (Å²) >= 11 is 0. The Labute approximate surface area is 168 Å². The van der Waals surface area contributed by atoms with Crippen molar-refractivity contribution in [2.45, 2.75) is 20.4 Å². The number of piperazine rings is 1. The minimum absolute atomic E-state index is 0.0782. The molecule has 1 aromatic heterocycles. The Hall–Kier alpha value is -3.24. The second-order valence-corrected chi connectivity index (χ2v) is 7.47. The van der Waals surface area contributed by atoms with Crippen LogP contribution in [0.25, 0.3) is 11.0 Å². The van der Waals surface area contributed by atoms with E-state index in [2.05, 4.69) is 20.9 Å². The number of aromatic amines is 1. The fourth-order valence-electron chi connectivity index (χ4n) is 3.88. The number of rotatable bonds is 3. The lowest BCUT2D eigenvalue weighted by Gasteiger charge is -2.36. The van der Waals surface area contributed by atoms with Gasteiger partial charge < -0.3 is 9.88 Å². The molecule has 3 aromatic rings. The SMILES string of the molecule is Cc1nc2c(C)cc(CN3CCN(c4cccc(C#N)c4F)CC3)cc2[nH]c1=O. The van der Waals surface area contributed by atoms with Crippen molar-refractivity contribution in [1.29, 1.82) is 5.26 Å². The van der Waals surface area contributed by atoms with Crippen LogP contribution < -0.4 is 10.5 Å². The van der Waals surface area contributed by atoms with Gasteiger partial charge in [0.1, 0.15) is 11.8 Å². The highest BCUT2D eigenvalue weighted by Crippen LogP contribution is 2.24. The van der Waals surface area contributed by atoms with Crippen LogP contribution in [0.4, 0.5) is 10.1 Å². The molecule has 4 rings (SSSR count). The van der Waals surface area contributed by atoms with Crippen LogP contribution in [0, 0.1) is 31.0 Å². The number of nitrogens with one attached hydrogen (secondary N) is 1. The molecule has 6 nitrogen and oxygen atoms in total. The van der Waals surface area contributed by atoms with E-state index in [0.717, 1.165) is 41.8 Å². The molecule has 1 aliphatic rings. The van der Waals surface area contributed by atoms with Gasteiger partial charge in [-0.25, -0.2) is 9.37 Å². The molecule has 1 aliphatic heterocycles. The van der Waals surface area contributed by atoms with Crippen molar-refractivity contribution in [3.63, 3.8) is 0 Å². The Balaban J connectivity index is 1.48. The lowest BCUT2D eigenvalue weighted by atomic mass is 10.1. The van der Waals surface area contributed by atoms with E-state index < -0.39 is 5.82 Å². The summed E-state index contributed by atoms with van der Waals surface area (Å²) in [5.74, 6) is -0.444. The van der Waals surface area contributed by atoms with Crippen LogP contribution in [-0.4, -0.2) is 41.0 Å². The number of hydrogen-bond donors (Lipinski definition) is 1. The lowest BCUT2D eigenvalue weighted by Crippen LogP contribution is -2.46. The van der Waals surface area contributed by atoms with E-state index in [9.17, 15) is 9.18 Å². The van der Waals surface area contributed by atoms with Gasteiger partial charge in [-0.1, -0.05) is 12.1 Å².